The maximum absolute atomic E-state index is 12.7. The number of aromatic nitrogens is 1. The predicted octanol–water partition coefficient (Wildman–Crippen LogP) is 3.82. The van der Waals surface area contributed by atoms with Gasteiger partial charge >= 0.3 is 6.18 Å². The van der Waals surface area contributed by atoms with Crippen molar-refractivity contribution in [2.45, 2.75) is 25.0 Å². The quantitative estimate of drug-likeness (QED) is 0.430. The smallest absolute Gasteiger partial charge is 0.360 e. The molecule has 172 valence electrons. The van der Waals surface area contributed by atoms with E-state index in [0.29, 0.717) is 28.5 Å². The third-order valence-corrected chi connectivity index (χ3v) is 6.38. The number of aliphatic hydroxyl groups is 1. The average Bonchev–Trinajstić information content (AvgIpc) is 3.32. The van der Waals surface area contributed by atoms with Gasteiger partial charge in [-0.1, -0.05) is 29.5 Å². The second-order valence-corrected chi connectivity index (χ2v) is 8.71. The number of fused-ring (bicyclic) bond motifs is 1. The van der Waals surface area contributed by atoms with Gasteiger partial charge in [0.05, 0.1) is 21.8 Å². The largest absolute Gasteiger partial charge is 0.416 e. The molecule has 0 saturated heterocycles. The molecule has 11 heteroatoms. The summed E-state index contributed by atoms with van der Waals surface area (Å²) >= 11 is 1.31. The zero-order valence-corrected chi connectivity index (χ0v) is 18.3. The van der Waals surface area contributed by atoms with Crippen molar-refractivity contribution in [1.29, 1.82) is 5.26 Å². The van der Waals surface area contributed by atoms with E-state index in [-0.39, 0.29) is 11.7 Å². The molecule has 2 heterocycles. The molecule has 3 aromatic rings. The minimum atomic E-state index is -4.37. The van der Waals surface area contributed by atoms with Gasteiger partial charge in [0.25, 0.3) is 0 Å². The van der Waals surface area contributed by atoms with Gasteiger partial charge in [0.2, 0.25) is 6.35 Å². The van der Waals surface area contributed by atoms with Crippen LogP contribution < -0.4 is 21.3 Å². The molecule has 2 aromatic carbocycles. The fourth-order valence-corrected chi connectivity index (χ4v) is 4.46. The van der Waals surface area contributed by atoms with Gasteiger partial charge in [-0.25, -0.2) is 4.98 Å². The molecule has 33 heavy (non-hydrogen) atoms. The Hall–Kier alpha value is -3.33. The summed E-state index contributed by atoms with van der Waals surface area (Å²) in [5.41, 5.74) is 8.83. The van der Waals surface area contributed by atoms with E-state index in [4.69, 9.17) is 5.73 Å². The number of halogens is 3. The topological polar surface area (TPSA) is 110 Å². The first kappa shape index (κ1) is 22.8. The van der Waals surface area contributed by atoms with Crippen molar-refractivity contribution in [3.63, 3.8) is 0 Å². The second-order valence-electron chi connectivity index (χ2n) is 7.71. The van der Waals surface area contributed by atoms with Crippen LogP contribution in [0, 0.1) is 11.3 Å². The number of hydrogen-bond donors (Lipinski definition) is 4. The van der Waals surface area contributed by atoms with Crippen LogP contribution in [-0.2, 0) is 12.6 Å². The van der Waals surface area contributed by atoms with Crippen LogP contribution in [0.4, 0.5) is 29.7 Å². The predicted molar refractivity (Wildman–Crippen MR) is 122 cm³/mol. The fourth-order valence-electron chi connectivity index (χ4n) is 3.54. The first-order chi connectivity index (χ1) is 15.7. The maximum atomic E-state index is 12.7. The highest BCUT2D eigenvalue weighted by molar-refractivity contribution is 7.19. The average molecular weight is 475 g/mol. The fraction of sp³-hybridized carbons (Fsp3) is 0.273. The molecule has 1 aliphatic heterocycles. The van der Waals surface area contributed by atoms with E-state index in [9.17, 15) is 23.5 Å². The van der Waals surface area contributed by atoms with Crippen molar-refractivity contribution in [3.05, 3.63) is 59.3 Å². The Morgan fingerprint density at radius 3 is 2.70 bits per heavy atom. The highest BCUT2D eigenvalue weighted by Gasteiger charge is 2.30. The Labute approximate surface area is 192 Å². The molecule has 0 spiro atoms. The van der Waals surface area contributed by atoms with Crippen molar-refractivity contribution < 1.29 is 18.3 Å². The summed E-state index contributed by atoms with van der Waals surface area (Å²) in [6, 6.07) is 12.3. The van der Waals surface area contributed by atoms with Gasteiger partial charge in [-0.3, -0.25) is 0 Å². The first-order valence-corrected chi connectivity index (χ1v) is 10.9. The molecule has 0 fully saturated rings. The van der Waals surface area contributed by atoms with Gasteiger partial charge < -0.3 is 26.4 Å². The molecule has 1 aliphatic rings. The number of hydrogen-bond acceptors (Lipinski definition) is 8. The first-order valence-electron chi connectivity index (χ1n) is 10.0. The Balaban J connectivity index is 1.43. The number of anilines is 3. The minimum Gasteiger partial charge on any atom is -0.360 e. The lowest BCUT2D eigenvalue weighted by molar-refractivity contribution is -0.137. The number of nitrogens with two attached hydrogens (primary N) is 1. The molecule has 2 atom stereocenters. The summed E-state index contributed by atoms with van der Waals surface area (Å²) < 4.78 is 38.1. The van der Waals surface area contributed by atoms with Crippen LogP contribution in [0.1, 0.15) is 16.8 Å². The van der Waals surface area contributed by atoms with Crippen molar-refractivity contribution in [1.82, 2.24) is 4.98 Å². The number of rotatable bonds is 6. The molecule has 0 aliphatic carbocycles. The highest BCUT2D eigenvalue weighted by atomic mass is 32.1. The molecule has 0 radical (unpaired) electrons. The third-order valence-electron chi connectivity index (χ3n) is 5.32. The summed E-state index contributed by atoms with van der Waals surface area (Å²) in [7, 11) is 1.76. The van der Waals surface area contributed by atoms with E-state index in [2.05, 4.69) is 21.7 Å². The molecular formula is C22H21F3N6OS. The molecule has 0 saturated carbocycles. The lowest BCUT2D eigenvalue weighted by atomic mass is 10.0. The molecular weight excluding hydrogens is 453 g/mol. The van der Waals surface area contributed by atoms with Crippen LogP contribution in [0.2, 0.25) is 0 Å². The normalized spacial score (nSPS) is 16.2. The van der Waals surface area contributed by atoms with Crippen molar-refractivity contribution >= 4 is 27.8 Å². The number of nitrogens with zero attached hydrogens (tertiary/aromatic N) is 3. The Morgan fingerprint density at radius 2 is 2.03 bits per heavy atom. The van der Waals surface area contributed by atoms with E-state index in [1.54, 1.807) is 11.9 Å². The SMILES string of the molecule is CN1c2cc(-c3sc(NC[C@@H](N)Cc4ccc(C(F)(F)F)cc4)nc3C#N)ccc2NC1O. The molecule has 1 unspecified atom stereocenters. The summed E-state index contributed by atoms with van der Waals surface area (Å²) in [6.45, 7) is 0.335. The summed E-state index contributed by atoms with van der Waals surface area (Å²) in [4.78, 5) is 6.71. The number of nitriles is 1. The van der Waals surface area contributed by atoms with Crippen molar-refractivity contribution in [2.75, 3.05) is 29.1 Å². The highest BCUT2D eigenvalue weighted by Crippen LogP contribution is 2.40. The number of alkyl halides is 3. The number of nitrogens with one attached hydrogen (secondary N) is 2. The van der Waals surface area contributed by atoms with Crippen LogP contribution in [0.5, 0.6) is 0 Å². The molecule has 0 bridgehead atoms. The van der Waals surface area contributed by atoms with Gasteiger partial charge in [-0.05, 0) is 41.8 Å². The lowest BCUT2D eigenvalue weighted by Crippen LogP contribution is -2.31. The standard InChI is InChI=1S/C22H21F3N6OS/c1-31-18-9-13(4-7-16(18)30-21(31)32)19-17(10-26)29-20(33-19)28-11-15(27)8-12-2-5-14(6-3-12)22(23,24)25/h2-7,9,15,21,30,32H,8,11,27H2,1H3,(H,28,29)/t15-,21?/m0/s1. The monoisotopic (exact) mass is 474 g/mol. The van der Waals surface area contributed by atoms with E-state index < -0.39 is 18.1 Å². The van der Waals surface area contributed by atoms with Crippen LogP contribution in [-0.4, -0.2) is 36.1 Å². The molecule has 4 rings (SSSR count). The minimum absolute atomic E-state index is 0.271. The number of aliphatic hydroxyl groups excluding tert-OH is 1. The van der Waals surface area contributed by atoms with E-state index >= 15 is 0 Å². The van der Waals surface area contributed by atoms with Crippen LogP contribution in [0.15, 0.2) is 42.5 Å². The van der Waals surface area contributed by atoms with E-state index in [1.165, 1.54) is 23.5 Å². The lowest BCUT2D eigenvalue weighted by Gasteiger charge is -2.16. The number of benzene rings is 2. The van der Waals surface area contributed by atoms with Gasteiger partial charge in [-0.2, -0.15) is 18.4 Å². The number of thiazole rings is 1. The van der Waals surface area contributed by atoms with E-state index in [1.807, 2.05) is 18.2 Å². The van der Waals surface area contributed by atoms with Gasteiger partial charge in [0, 0.05) is 19.6 Å². The van der Waals surface area contributed by atoms with Gasteiger partial charge in [-0.15, -0.1) is 0 Å². The zero-order chi connectivity index (χ0) is 23.8. The van der Waals surface area contributed by atoms with Gasteiger partial charge in [0.1, 0.15) is 6.07 Å². The summed E-state index contributed by atoms with van der Waals surface area (Å²) in [5, 5.41) is 26.1. The second kappa shape index (κ2) is 8.90. The molecule has 5 N–H and O–H groups in total. The maximum Gasteiger partial charge on any atom is 0.416 e. The van der Waals surface area contributed by atoms with Crippen molar-refractivity contribution in [2.24, 2.45) is 5.73 Å². The summed E-state index contributed by atoms with van der Waals surface area (Å²) in [6.07, 6.45) is -4.79. The third kappa shape index (κ3) is 4.88. The summed E-state index contributed by atoms with van der Waals surface area (Å²) in [5.74, 6) is 0. The van der Waals surface area contributed by atoms with Crippen LogP contribution in [0.25, 0.3) is 10.4 Å². The van der Waals surface area contributed by atoms with Crippen LogP contribution in [0.3, 0.4) is 0 Å². The van der Waals surface area contributed by atoms with Crippen molar-refractivity contribution in [3.8, 4) is 16.5 Å². The Morgan fingerprint density at radius 1 is 1.30 bits per heavy atom. The Bertz CT molecular complexity index is 1190. The van der Waals surface area contributed by atoms with Gasteiger partial charge in [0.15, 0.2) is 10.8 Å². The molecule has 7 nitrogen and oxygen atoms in total. The van der Waals surface area contributed by atoms with Crippen LogP contribution >= 0.6 is 11.3 Å². The Kier molecular flexibility index (Phi) is 6.16. The zero-order valence-electron chi connectivity index (χ0n) is 17.5. The molecule has 0 amide bonds. The molecule has 1 aromatic heterocycles. The van der Waals surface area contributed by atoms with E-state index in [0.717, 1.165) is 29.1 Å².